The van der Waals surface area contributed by atoms with Crippen LogP contribution in [0.4, 0.5) is 10.5 Å². The van der Waals surface area contributed by atoms with Crippen molar-refractivity contribution in [3.8, 4) is 5.75 Å². The summed E-state index contributed by atoms with van der Waals surface area (Å²) < 4.78 is 10.8. The van der Waals surface area contributed by atoms with Gasteiger partial charge >= 0.3 is 12.0 Å². The van der Waals surface area contributed by atoms with Crippen LogP contribution in [0, 0.1) is 0 Å². The van der Waals surface area contributed by atoms with E-state index in [4.69, 9.17) is 9.47 Å². The Morgan fingerprint density at radius 1 is 1.13 bits per heavy atom. The largest absolute Gasteiger partial charge is 0.495 e. The van der Waals surface area contributed by atoms with Crippen LogP contribution in [0.3, 0.4) is 0 Å². The van der Waals surface area contributed by atoms with E-state index in [-0.39, 0.29) is 23.5 Å². The summed E-state index contributed by atoms with van der Waals surface area (Å²) in [6.07, 6.45) is 1.34. The van der Waals surface area contributed by atoms with Crippen molar-refractivity contribution >= 4 is 29.4 Å². The first-order valence-electron chi connectivity index (χ1n) is 10.1. The number of ether oxygens (including phenoxy) is 2. The molecule has 0 radical (unpaired) electrons. The average Bonchev–Trinajstić information content (AvgIpc) is 3.17. The van der Waals surface area contributed by atoms with Crippen LogP contribution in [0.25, 0.3) is 0 Å². The molecule has 1 aliphatic rings. The lowest BCUT2D eigenvalue weighted by atomic mass is 10.1. The maximum absolute atomic E-state index is 13.2. The molecule has 3 rings (SSSR count). The first-order chi connectivity index (χ1) is 14.5. The number of methoxy groups -OCH3 is 1. The second-order valence-electron chi connectivity index (χ2n) is 7.35. The van der Waals surface area contributed by atoms with E-state index < -0.39 is 6.04 Å². The van der Waals surface area contributed by atoms with E-state index >= 15 is 0 Å². The second-order valence-corrected chi connectivity index (χ2v) is 8.56. The Balaban J connectivity index is 1.78. The molecular formula is C23H28N2O4S. The Bertz CT molecular complexity index is 859. The minimum Gasteiger partial charge on any atom is -0.495 e. The minimum atomic E-state index is -0.618. The van der Waals surface area contributed by atoms with Crippen molar-refractivity contribution in [2.45, 2.75) is 44.2 Å². The van der Waals surface area contributed by atoms with Gasteiger partial charge in [0, 0.05) is 5.75 Å². The van der Waals surface area contributed by atoms with Crippen molar-refractivity contribution in [1.29, 1.82) is 0 Å². The summed E-state index contributed by atoms with van der Waals surface area (Å²) in [6.45, 7) is 3.62. The van der Waals surface area contributed by atoms with Crippen LogP contribution in [0.15, 0.2) is 54.6 Å². The highest BCUT2D eigenvalue weighted by atomic mass is 32.2. The zero-order valence-electron chi connectivity index (χ0n) is 17.5. The molecule has 1 saturated heterocycles. The van der Waals surface area contributed by atoms with Gasteiger partial charge in [0.05, 0.1) is 24.3 Å². The summed E-state index contributed by atoms with van der Waals surface area (Å²) in [6, 6.07) is 16.4. The first kappa shape index (κ1) is 22.0. The Kier molecular flexibility index (Phi) is 7.63. The quantitative estimate of drug-likeness (QED) is 0.655. The second kappa shape index (κ2) is 10.4. The van der Waals surface area contributed by atoms with Gasteiger partial charge in [-0.05, 0) is 44.4 Å². The Hall–Kier alpha value is -2.67. The predicted molar refractivity (Wildman–Crippen MR) is 120 cm³/mol. The normalized spacial score (nSPS) is 18.3. The van der Waals surface area contributed by atoms with Crippen molar-refractivity contribution in [1.82, 2.24) is 4.90 Å². The fraction of sp³-hybridized carbons (Fsp3) is 0.391. The molecule has 1 heterocycles. The fourth-order valence-electron chi connectivity index (χ4n) is 3.41. The van der Waals surface area contributed by atoms with Crippen molar-refractivity contribution < 1.29 is 19.1 Å². The maximum Gasteiger partial charge on any atom is 0.330 e. The number of benzene rings is 2. The molecule has 160 valence electrons. The molecule has 0 bridgehead atoms. The monoisotopic (exact) mass is 428 g/mol. The number of nitrogens with one attached hydrogen (secondary N) is 1. The molecule has 2 aromatic carbocycles. The highest BCUT2D eigenvalue weighted by Gasteiger charge is 2.42. The zero-order valence-corrected chi connectivity index (χ0v) is 18.4. The number of aryl methyl sites for hydroxylation is 1. The van der Waals surface area contributed by atoms with Crippen LogP contribution in [0.1, 0.15) is 25.8 Å². The molecule has 2 unspecified atom stereocenters. The number of hydrogen-bond donors (Lipinski definition) is 1. The van der Waals surface area contributed by atoms with Gasteiger partial charge < -0.3 is 14.8 Å². The van der Waals surface area contributed by atoms with Gasteiger partial charge in [-0.1, -0.05) is 42.5 Å². The number of nitrogens with zero attached hydrogens (tertiary/aromatic N) is 1. The van der Waals surface area contributed by atoms with Crippen LogP contribution in [0.5, 0.6) is 5.75 Å². The Morgan fingerprint density at radius 2 is 1.83 bits per heavy atom. The summed E-state index contributed by atoms with van der Waals surface area (Å²) in [7, 11) is 1.56. The standard InChI is InChI=1S/C23H28N2O4S/c1-16(2)29-22(26)19-15-30-21(14-13-17-9-5-4-6-10-17)25(19)23(27)24-18-11-7-8-12-20(18)28-3/h4-12,16,19,21H,13-15H2,1-3H3,(H,24,27). The van der Waals surface area contributed by atoms with Crippen LogP contribution in [0.2, 0.25) is 0 Å². The summed E-state index contributed by atoms with van der Waals surface area (Å²) in [4.78, 5) is 27.6. The average molecular weight is 429 g/mol. The molecule has 1 N–H and O–H groups in total. The molecule has 1 aliphatic heterocycles. The molecule has 6 nitrogen and oxygen atoms in total. The number of anilines is 1. The molecule has 1 fully saturated rings. The first-order valence-corrected chi connectivity index (χ1v) is 11.1. The van der Waals surface area contributed by atoms with E-state index in [0.29, 0.717) is 17.2 Å². The smallest absolute Gasteiger partial charge is 0.330 e. The molecule has 2 atom stereocenters. The number of esters is 1. The summed E-state index contributed by atoms with van der Waals surface area (Å²) in [5.74, 6) is 0.722. The van der Waals surface area contributed by atoms with Crippen LogP contribution in [-0.2, 0) is 16.0 Å². The molecule has 30 heavy (non-hydrogen) atoms. The van der Waals surface area contributed by atoms with Crippen LogP contribution in [-0.4, -0.2) is 47.3 Å². The number of urea groups is 1. The van der Waals surface area contributed by atoms with E-state index in [2.05, 4.69) is 17.4 Å². The molecule has 2 aromatic rings. The third-order valence-corrected chi connectivity index (χ3v) is 6.18. The van der Waals surface area contributed by atoms with Gasteiger partial charge in [-0.3, -0.25) is 4.90 Å². The topological polar surface area (TPSA) is 67.9 Å². The van der Waals surface area contributed by atoms with Gasteiger partial charge in [0.15, 0.2) is 0 Å². The highest BCUT2D eigenvalue weighted by Crippen LogP contribution is 2.34. The number of hydrogen-bond acceptors (Lipinski definition) is 5. The molecular weight excluding hydrogens is 400 g/mol. The van der Waals surface area contributed by atoms with E-state index in [9.17, 15) is 9.59 Å². The van der Waals surface area contributed by atoms with Gasteiger partial charge in [0.25, 0.3) is 0 Å². The van der Waals surface area contributed by atoms with Gasteiger partial charge in [0.2, 0.25) is 0 Å². The number of amides is 2. The molecule has 0 aromatic heterocycles. The lowest BCUT2D eigenvalue weighted by molar-refractivity contribution is -0.151. The summed E-state index contributed by atoms with van der Waals surface area (Å²) in [5.41, 5.74) is 1.77. The van der Waals surface area contributed by atoms with Gasteiger partial charge in [-0.2, -0.15) is 0 Å². The zero-order chi connectivity index (χ0) is 21.5. The molecule has 0 spiro atoms. The lowest BCUT2D eigenvalue weighted by Gasteiger charge is -2.29. The van der Waals surface area contributed by atoms with Crippen LogP contribution < -0.4 is 10.1 Å². The number of thioether (sulfide) groups is 1. The van der Waals surface area contributed by atoms with Gasteiger partial charge in [0.1, 0.15) is 11.8 Å². The van der Waals surface area contributed by atoms with Gasteiger partial charge in [-0.15, -0.1) is 11.8 Å². The fourth-order valence-corrected chi connectivity index (χ4v) is 4.80. The summed E-state index contributed by atoms with van der Waals surface area (Å²) >= 11 is 1.62. The number of para-hydroxylation sites is 2. The highest BCUT2D eigenvalue weighted by molar-refractivity contribution is 8.00. The third kappa shape index (κ3) is 5.48. The lowest BCUT2D eigenvalue weighted by Crippen LogP contribution is -2.48. The maximum atomic E-state index is 13.2. The van der Waals surface area contributed by atoms with E-state index in [1.165, 1.54) is 5.56 Å². The summed E-state index contributed by atoms with van der Waals surface area (Å²) in [5, 5.41) is 2.79. The molecule has 0 aliphatic carbocycles. The third-order valence-electron chi connectivity index (χ3n) is 4.82. The van der Waals surface area contributed by atoms with E-state index in [1.54, 1.807) is 35.9 Å². The number of rotatable bonds is 7. The van der Waals surface area contributed by atoms with Crippen molar-refractivity contribution in [2.24, 2.45) is 0 Å². The molecule has 2 amide bonds. The SMILES string of the molecule is COc1ccccc1NC(=O)N1C(CCc2ccccc2)SCC1C(=O)OC(C)C. The predicted octanol–water partition coefficient (Wildman–Crippen LogP) is 4.56. The number of carbonyl (C=O) groups is 2. The molecule has 7 heteroatoms. The minimum absolute atomic E-state index is 0.121. The number of carbonyl (C=O) groups excluding carboxylic acids is 2. The van der Waals surface area contributed by atoms with E-state index in [1.807, 2.05) is 44.2 Å². The Labute approximate surface area is 181 Å². The van der Waals surface area contributed by atoms with Crippen molar-refractivity contribution in [3.05, 3.63) is 60.2 Å². The van der Waals surface area contributed by atoms with Crippen molar-refractivity contribution in [3.63, 3.8) is 0 Å². The van der Waals surface area contributed by atoms with Crippen LogP contribution >= 0.6 is 11.8 Å². The van der Waals surface area contributed by atoms with Crippen molar-refractivity contribution in [2.75, 3.05) is 18.2 Å². The van der Waals surface area contributed by atoms with Gasteiger partial charge in [-0.25, -0.2) is 9.59 Å². The Morgan fingerprint density at radius 3 is 2.53 bits per heavy atom. The van der Waals surface area contributed by atoms with E-state index in [0.717, 1.165) is 12.8 Å². The molecule has 0 saturated carbocycles.